The van der Waals surface area contributed by atoms with Gasteiger partial charge in [-0.05, 0) is 44.6 Å². The second-order valence-electron chi connectivity index (χ2n) is 6.81. The SMILES string of the molecule is CN(C)C[C@H]1CCN(C(=O)c2ccccc2OCc2cccnc2)C1. The van der Waals surface area contributed by atoms with Crippen LogP contribution in [0.3, 0.4) is 0 Å². The molecule has 3 rings (SSSR count). The number of hydrogen-bond acceptors (Lipinski definition) is 4. The first-order chi connectivity index (χ1) is 12.1. The summed E-state index contributed by atoms with van der Waals surface area (Å²) in [5.74, 6) is 1.23. The van der Waals surface area contributed by atoms with E-state index >= 15 is 0 Å². The topological polar surface area (TPSA) is 45.7 Å². The van der Waals surface area contributed by atoms with Crippen LogP contribution in [0.1, 0.15) is 22.3 Å². The summed E-state index contributed by atoms with van der Waals surface area (Å²) in [4.78, 5) is 21.1. The number of para-hydroxylation sites is 1. The molecule has 0 radical (unpaired) electrons. The highest BCUT2D eigenvalue weighted by atomic mass is 16.5. The van der Waals surface area contributed by atoms with Crippen LogP contribution in [0, 0.1) is 5.92 Å². The Morgan fingerprint density at radius 1 is 1.28 bits per heavy atom. The number of ether oxygens (including phenoxy) is 1. The Kier molecular flexibility index (Phi) is 5.66. The predicted molar refractivity (Wildman–Crippen MR) is 97.6 cm³/mol. The first-order valence-electron chi connectivity index (χ1n) is 8.68. The zero-order chi connectivity index (χ0) is 17.6. The molecule has 0 aliphatic carbocycles. The van der Waals surface area contributed by atoms with Gasteiger partial charge in [-0.2, -0.15) is 0 Å². The number of carbonyl (C=O) groups excluding carboxylic acids is 1. The molecule has 1 aliphatic rings. The van der Waals surface area contributed by atoms with Crippen molar-refractivity contribution in [3.8, 4) is 5.75 Å². The van der Waals surface area contributed by atoms with E-state index < -0.39 is 0 Å². The smallest absolute Gasteiger partial charge is 0.257 e. The lowest BCUT2D eigenvalue weighted by molar-refractivity contribution is 0.0780. The quantitative estimate of drug-likeness (QED) is 0.812. The monoisotopic (exact) mass is 339 g/mol. The maximum atomic E-state index is 12.9. The molecule has 1 aliphatic heterocycles. The van der Waals surface area contributed by atoms with Crippen molar-refractivity contribution in [2.75, 3.05) is 33.7 Å². The third kappa shape index (κ3) is 4.57. The molecule has 5 nitrogen and oxygen atoms in total. The summed E-state index contributed by atoms with van der Waals surface area (Å²) in [6, 6.07) is 11.3. The Morgan fingerprint density at radius 3 is 2.88 bits per heavy atom. The number of hydrogen-bond donors (Lipinski definition) is 0. The van der Waals surface area contributed by atoms with Gasteiger partial charge < -0.3 is 14.5 Å². The minimum atomic E-state index is 0.0584. The molecule has 0 saturated carbocycles. The molecule has 1 aromatic carbocycles. The molecular formula is C20H25N3O2. The number of nitrogens with zero attached hydrogens (tertiary/aromatic N) is 3. The van der Waals surface area contributed by atoms with Gasteiger partial charge in [0.25, 0.3) is 5.91 Å². The molecule has 0 N–H and O–H groups in total. The zero-order valence-electron chi connectivity index (χ0n) is 14.9. The molecule has 1 atom stereocenters. The molecule has 0 unspecified atom stereocenters. The van der Waals surface area contributed by atoms with Crippen LogP contribution in [0.2, 0.25) is 0 Å². The number of rotatable bonds is 6. The van der Waals surface area contributed by atoms with Gasteiger partial charge in [-0.15, -0.1) is 0 Å². The lowest BCUT2D eigenvalue weighted by Crippen LogP contribution is -2.31. The van der Waals surface area contributed by atoms with E-state index in [9.17, 15) is 4.79 Å². The average Bonchev–Trinajstić information content (AvgIpc) is 3.08. The van der Waals surface area contributed by atoms with Gasteiger partial charge >= 0.3 is 0 Å². The van der Waals surface area contributed by atoms with E-state index in [1.54, 1.807) is 12.4 Å². The van der Waals surface area contributed by atoms with Crippen LogP contribution in [0.4, 0.5) is 0 Å². The third-order valence-corrected chi connectivity index (χ3v) is 4.43. The first-order valence-corrected chi connectivity index (χ1v) is 8.68. The first kappa shape index (κ1) is 17.4. The van der Waals surface area contributed by atoms with Crippen molar-refractivity contribution in [2.24, 2.45) is 5.92 Å². The summed E-state index contributed by atoms with van der Waals surface area (Å²) in [6.07, 6.45) is 4.57. The molecule has 0 bridgehead atoms. The number of likely N-dealkylation sites (tertiary alicyclic amines) is 1. The number of carbonyl (C=O) groups is 1. The number of aromatic nitrogens is 1. The fraction of sp³-hybridized carbons (Fsp3) is 0.400. The second-order valence-corrected chi connectivity index (χ2v) is 6.81. The Morgan fingerprint density at radius 2 is 2.12 bits per heavy atom. The standard InChI is InChI=1S/C20H25N3O2/c1-22(2)13-17-9-11-23(14-17)20(24)18-7-3-4-8-19(18)25-15-16-6-5-10-21-12-16/h3-8,10,12,17H,9,11,13-15H2,1-2H3/t17-/m1/s1. The van der Waals surface area contributed by atoms with E-state index in [1.807, 2.05) is 41.3 Å². The van der Waals surface area contributed by atoms with Crippen LogP contribution in [0.15, 0.2) is 48.8 Å². The molecule has 2 heterocycles. The van der Waals surface area contributed by atoms with Crippen molar-refractivity contribution in [1.29, 1.82) is 0 Å². The van der Waals surface area contributed by atoms with E-state index in [-0.39, 0.29) is 5.91 Å². The van der Waals surface area contributed by atoms with Gasteiger partial charge in [0.05, 0.1) is 5.56 Å². The van der Waals surface area contributed by atoms with Gasteiger partial charge in [-0.3, -0.25) is 9.78 Å². The highest BCUT2D eigenvalue weighted by Gasteiger charge is 2.28. The summed E-state index contributed by atoms with van der Waals surface area (Å²) in [5, 5.41) is 0. The van der Waals surface area contributed by atoms with Gasteiger partial charge in [0.1, 0.15) is 12.4 Å². The van der Waals surface area contributed by atoms with E-state index in [0.29, 0.717) is 23.8 Å². The Bertz CT molecular complexity index is 703. The van der Waals surface area contributed by atoms with Gasteiger partial charge in [0.15, 0.2) is 0 Å². The van der Waals surface area contributed by atoms with Gasteiger partial charge in [-0.25, -0.2) is 0 Å². The highest BCUT2D eigenvalue weighted by molar-refractivity contribution is 5.97. The van der Waals surface area contributed by atoms with Crippen molar-refractivity contribution in [3.63, 3.8) is 0 Å². The summed E-state index contributed by atoms with van der Waals surface area (Å²) < 4.78 is 5.90. The van der Waals surface area contributed by atoms with Crippen molar-refractivity contribution < 1.29 is 9.53 Å². The molecule has 1 saturated heterocycles. The lowest BCUT2D eigenvalue weighted by Gasteiger charge is -2.20. The fourth-order valence-electron chi connectivity index (χ4n) is 3.27. The van der Waals surface area contributed by atoms with Crippen molar-refractivity contribution in [2.45, 2.75) is 13.0 Å². The Hall–Kier alpha value is -2.40. The van der Waals surface area contributed by atoms with E-state index in [0.717, 1.165) is 31.6 Å². The maximum Gasteiger partial charge on any atom is 0.257 e. The molecular weight excluding hydrogens is 314 g/mol. The Balaban J connectivity index is 1.67. The van der Waals surface area contributed by atoms with Crippen molar-refractivity contribution in [1.82, 2.24) is 14.8 Å². The Labute approximate surface area is 149 Å². The largest absolute Gasteiger partial charge is 0.488 e. The minimum Gasteiger partial charge on any atom is -0.488 e. The molecule has 132 valence electrons. The molecule has 0 spiro atoms. The van der Waals surface area contributed by atoms with Gasteiger partial charge in [0.2, 0.25) is 0 Å². The lowest BCUT2D eigenvalue weighted by atomic mass is 10.1. The third-order valence-electron chi connectivity index (χ3n) is 4.43. The fourth-order valence-corrected chi connectivity index (χ4v) is 3.27. The molecule has 5 heteroatoms. The summed E-state index contributed by atoms with van der Waals surface area (Å²) in [6.45, 7) is 3.05. The van der Waals surface area contributed by atoms with Crippen LogP contribution >= 0.6 is 0 Å². The van der Waals surface area contributed by atoms with Gasteiger partial charge in [0, 0.05) is 37.6 Å². The van der Waals surface area contributed by atoms with E-state index in [2.05, 4.69) is 24.0 Å². The second kappa shape index (κ2) is 8.12. The number of amides is 1. The summed E-state index contributed by atoms with van der Waals surface area (Å²) in [7, 11) is 4.15. The van der Waals surface area contributed by atoms with Crippen LogP contribution in [-0.2, 0) is 6.61 Å². The predicted octanol–water partition coefficient (Wildman–Crippen LogP) is 2.68. The molecule has 2 aromatic rings. The van der Waals surface area contributed by atoms with Crippen LogP contribution in [0.25, 0.3) is 0 Å². The number of pyridine rings is 1. The van der Waals surface area contributed by atoms with Crippen LogP contribution in [0.5, 0.6) is 5.75 Å². The molecule has 1 aromatic heterocycles. The van der Waals surface area contributed by atoms with Crippen molar-refractivity contribution in [3.05, 3.63) is 59.9 Å². The average molecular weight is 339 g/mol. The molecule has 25 heavy (non-hydrogen) atoms. The number of benzene rings is 1. The minimum absolute atomic E-state index is 0.0584. The van der Waals surface area contributed by atoms with Crippen molar-refractivity contribution >= 4 is 5.91 Å². The van der Waals surface area contributed by atoms with Crippen LogP contribution < -0.4 is 4.74 Å². The van der Waals surface area contributed by atoms with Gasteiger partial charge in [-0.1, -0.05) is 18.2 Å². The van der Waals surface area contributed by atoms with E-state index in [1.165, 1.54) is 0 Å². The van der Waals surface area contributed by atoms with E-state index in [4.69, 9.17) is 4.74 Å². The molecule has 1 fully saturated rings. The zero-order valence-corrected chi connectivity index (χ0v) is 14.9. The molecule has 1 amide bonds. The summed E-state index contributed by atoms with van der Waals surface area (Å²) in [5.41, 5.74) is 1.62. The van der Waals surface area contributed by atoms with Crippen LogP contribution in [-0.4, -0.2) is 54.4 Å². The summed E-state index contributed by atoms with van der Waals surface area (Å²) >= 11 is 0. The maximum absolute atomic E-state index is 12.9. The highest BCUT2D eigenvalue weighted by Crippen LogP contribution is 2.25. The normalized spacial score (nSPS) is 17.1.